The lowest BCUT2D eigenvalue weighted by atomic mass is 9.84. The van der Waals surface area contributed by atoms with Crippen molar-refractivity contribution in [2.24, 2.45) is 0 Å². The molecular weight excluding hydrogens is 414 g/mol. The number of ether oxygens (including phenoxy) is 1. The lowest BCUT2D eigenvalue weighted by molar-refractivity contribution is -0.136. The summed E-state index contributed by atoms with van der Waals surface area (Å²) < 4.78 is 5.18. The Morgan fingerprint density at radius 3 is 2.18 bits per heavy atom. The molecule has 174 valence electrons. The van der Waals surface area contributed by atoms with Crippen LogP contribution in [-0.2, 0) is 28.8 Å². The molecule has 0 atom stereocenters. The Kier molecular flexibility index (Phi) is 6.21. The van der Waals surface area contributed by atoms with E-state index in [1.54, 1.807) is 7.11 Å². The smallest absolute Gasteiger partial charge is 0.327 e. The van der Waals surface area contributed by atoms with Crippen molar-refractivity contribution >= 4 is 11.9 Å². The first kappa shape index (κ1) is 22.1. The van der Waals surface area contributed by atoms with E-state index in [1.165, 1.54) is 21.6 Å². The Hall–Kier alpha value is -2.70. The van der Waals surface area contributed by atoms with E-state index in [4.69, 9.17) is 4.74 Å². The van der Waals surface area contributed by atoms with Crippen molar-refractivity contribution in [2.45, 2.75) is 43.7 Å². The molecule has 2 fully saturated rings. The van der Waals surface area contributed by atoms with Gasteiger partial charge in [0, 0.05) is 32.8 Å². The molecule has 2 saturated heterocycles. The summed E-state index contributed by atoms with van der Waals surface area (Å²) in [6.07, 6.45) is 4.30. The highest BCUT2D eigenvalue weighted by Crippen LogP contribution is 2.39. The normalized spacial score (nSPS) is 20.8. The molecule has 0 saturated carbocycles. The molecule has 2 aromatic carbocycles. The van der Waals surface area contributed by atoms with Crippen molar-refractivity contribution < 1.29 is 14.3 Å². The first-order chi connectivity index (χ1) is 16.1. The molecule has 2 aliphatic heterocycles. The first-order valence-electron chi connectivity index (χ1n) is 12.1. The quantitative estimate of drug-likeness (QED) is 0.612. The first-order valence-corrected chi connectivity index (χ1v) is 12.1. The second-order valence-corrected chi connectivity index (χ2v) is 9.52. The van der Waals surface area contributed by atoms with Crippen LogP contribution in [0, 0.1) is 0 Å². The minimum absolute atomic E-state index is 0.0352. The lowest BCUT2D eigenvalue weighted by Crippen LogP contribution is -2.58. The van der Waals surface area contributed by atoms with E-state index in [-0.39, 0.29) is 11.9 Å². The van der Waals surface area contributed by atoms with Crippen LogP contribution in [-0.4, -0.2) is 78.1 Å². The molecule has 1 spiro atoms. The van der Waals surface area contributed by atoms with Crippen LogP contribution < -0.4 is 0 Å². The monoisotopic (exact) mass is 447 g/mol. The summed E-state index contributed by atoms with van der Waals surface area (Å²) in [4.78, 5) is 32.8. The summed E-state index contributed by atoms with van der Waals surface area (Å²) in [5.74, 6) is -0.0352. The molecule has 1 aliphatic carbocycles. The van der Waals surface area contributed by atoms with Gasteiger partial charge >= 0.3 is 6.03 Å². The number of imide groups is 1. The van der Waals surface area contributed by atoms with Crippen molar-refractivity contribution in [3.05, 3.63) is 71.3 Å². The highest BCUT2D eigenvalue weighted by Gasteiger charge is 2.57. The Bertz CT molecular complexity index is 976. The third kappa shape index (κ3) is 4.06. The Morgan fingerprint density at radius 1 is 0.909 bits per heavy atom. The van der Waals surface area contributed by atoms with Gasteiger partial charge in [-0.25, -0.2) is 4.79 Å². The van der Waals surface area contributed by atoms with E-state index in [0.29, 0.717) is 38.6 Å². The number of amides is 3. The average molecular weight is 448 g/mol. The average Bonchev–Trinajstić information content (AvgIpc) is 3.36. The van der Waals surface area contributed by atoms with Crippen LogP contribution in [0.1, 0.15) is 29.5 Å². The number of urea groups is 1. The van der Waals surface area contributed by atoms with Crippen LogP contribution in [0.5, 0.6) is 0 Å². The van der Waals surface area contributed by atoms with Crippen LogP contribution >= 0.6 is 0 Å². The van der Waals surface area contributed by atoms with Gasteiger partial charge in [-0.15, -0.1) is 0 Å². The SMILES string of the molecule is COCCN1C(=O)N(CCc2ccccc2)C2(CCN(C3Cc4ccccc4C3)CC2)C1=O. The molecule has 0 unspecified atom stereocenters. The highest BCUT2D eigenvalue weighted by atomic mass is 16.5. The number of carbonyl (C=O) groups is 2. The topological polar surface area (TPSA) is 53.1 Å². The largest absolute Gasteiger partial charge is 0.383 e. The number of methoxy groups -OCH3 is 1. The van der Waals surface area contributed by atoms with Crippen LogP contribution in [0.25, 0.3) is 0 Å². The molecule has 0 N–H and O–H groups in total. The third-order valence-electron chi connectivity index (χ3n) is 7.78. The number of fused-ring (bicyclic) bond motifs is 1. The maximum absolute atomic E-state index is 13.6. The standard InChI is InChI=1S/C27H33N3O3/c1-33-18-17-29-25(31)27(30(26(29)32)14-11-21-7-3-2-4-8-21)12-15-28(16-13-27)24-19-22-9-5-6-10-23(22)20-24/h2-10,24H,11-20H2,1H3. The van der Waals surface area contributed by atoms with E-state index >= 15 is 0 Å². The fraction of sp³-hybridized carbons (Fsp3) is 0.481. The van der Waals surface area contributed by atoms with Gasteiger partial charge in [0.25, 0.3) is 5.91 Å². The van der Waals surface area contributed by atoms with Crippen LogP contribution in [0.15, 0.2) is 54.6 Å². The fourth-order valence-electron chi connectivity index (χ4n) is 5.89. The van der Waals surface area contributed by atoms with Crippen molar-refractivity contribution in [1.82, 2.24) is 14.7 Å². The molecule has 3 aliphatic rings. The maximum Gasteiger partial charge on any atom is 0.327 e. The van der Waals surface area contributed by atoms with Gasteiger partial charge in [-0.05, 0) is 48.8 Å². The maximum atomic E-state index is 13.6. The number of piperidine rings is 1. The van der Waals surface area contributed by atoms with Crippen LogP contribution in [0.3, 0.4) is 0 Å². The van der Waals surface area contributed by atoms with E-state index in [1.807, 2.05) is 23.1 Å². The van der Waals surface area contributed by atoms with E-state index in [0.717, 1.165) is 32.4 Å². The summed E-state index contributed by atoms with van der Waals surface area (Å²) in [6.45, 7) is 2.94. The lowest BCUT2D eigenvalue weighted by Gasteiger charge is -2.44. The number of hydrogen-bond acceptors (Lipinski definition) is 4. The number of rotatable bonds is 7. The molecule has 6 nitrogen and oxygen atoms in total. The molecule has 3 amide bonds. The zero-order valence-corrected chi connectivity index (χ0v) is 19.4. The third-order valence-corrected chi connectivity index (χ3v) is 7.78. The molecule has 33 heavy (non-hydrogen) atoms. The molecule has 0 aromatic heterocycles. The van der Waals surface area contributed by atoms with Crippen molar-refractivity contribution in [1.29, 1.82) is 0 Å². The molecular formula is C27H33N3O3. The Balaban J connectivity index is 1.31. The molecule has 0 radical (unpaired) electrons. The van der Waals surface area contributed by atoms with Crippen molar-refractivity contribution in [2.75, 3.05) is 39.9 Å². The minimum Gasteiger partial charge on any atom is -0.383 e. The molecule has 6 heteroatoms. The number of hydrogen-bond donors (Lipinski definition) is 0. The number of likely N-dealkylation sites (tertiary alicyclic amines) is 1. The summed E-state index contributed by atoms with van der Waals surface area (Å²) in [7, 11) is 1.60. The zero-order chi connectivity index (χ0) is 22.8. The predicted octanol–water partition coefficient (Wildman–Crippen LogP) is 3.14. The highest BCUT2D eigenvalue weighted by molar-refractivity contribution is 6.07. The van der Waals surface area contributed by atoms with Gasteiger partial charge in [-0.3, -0.25) is 14.6 Å². The van der Waals surface area contributed by atoms with E-state index in [9.17, 15) is 9.59 Å². The minimum atomic E-state index is -0.721. The van der Waals surface area contributed by atoms with Crippen molar-refractivity contribution in [3.8, 4) is 0 Å². The summed E-state index contributed by atoms with van der Waals surface area (Å²) in [5.41, 5.74) is 3.36. The number of nitrogens with zero attached hydrogens (tertiary/aromatic N) is 3. The van der Waals surface area contributed by atoms with Crippen molar-refractivity contribution in [3.63, 3.8) is 0 Å². The zero-order valence-electron chi connectivity index (χ0n) is 19.4. The fourth-order valence-corrected chi connectivity index (χ4v) is 5.89. The molecule has 5 rings (SSSR count). The summed E-state index contributed by atoms with van der Waals surface area (Å²) in [6, 6.07) is 19.2. The summed E-state index contributed by atoms with van der Waals surface area (Å²) in [5, 5.41) is 0. The number of benzene rings is 2. The molecule has 0 bridgehead atoms. The van der Waals surface area contributed by atoms with E-state index in [2.05, 4.69) is 41.3 Å². The van der Waals surface area contributed by atoms with Gasteiger partial charge < -0.3 is 9.64 Å². The van der Waals surface area contributed by atoms with Gasteiger partial charge in [0.1, 0.15) is 5.54 Å². The predicted molar refractivity (Wildman–Crippen MR) is 127 cm³/mol. The Morgan fingerprint density at radius 2 is 1.55 bits per heavy atom. The number of carbonyl (C=O) groups excluding carboxylic acids is 2. The van der Waals surface area contributed by atoms with Gasteiger partial charge in [0.05, 0.1) is 13.2 Å². The van der Waals surface area contributed by atoms with E-state index < -0.39 is 5.54 Å². The van der Waals surface area contributed by atoms with Gasteiger partial charge in [0.2, 0.25) is 0 Å². The van der Waals surface area contributed by atoms with Gasteiger partial charge in [0.15, 0.2) is 0 Å². The van der Waals surface area contributed by atoms with Crippen LogP contribution in [0.4, 0.5) is 4.79 Å². The van der Waals surface area contributed by atoms with Gasteiger partial charge in [-0.1, -0.05) is 54.6 Å². The van der Waals surface area contributed by atoms with Crippen LogP contribution in [0.2, 0.25) is 0 Å². The second kappa shape index (κ2) is 9.27. The molecule has 2 heterocycles. The summed E-state index contributed by atoms with van der Waals surface area (Å²) >= 11 is 0. The molecule has 2 aromatic rings. The second-order valence-electron chi connectivity index (χ2n) is 9.52. The van der Waals surface area contributed by atoms with Gasteiger partial charge in [-0.2, -0.15) is 0 Å². The Labute approximate surface area is 196 Å².